The Kier molecular flexibility index (Phi) is 8.23. The molecular weight excluding hydrogens is 503 g/mol. The Morgan fingerprint density at radius 2 is 1.54 bits per heavy atom. The van der Waals surface area contributed by atoms with Crippen LogP contribution in [-0.2, 0) is 16.2 Å². The quantitative estimate of drug-likeness (QED) is 0.327. The zero-order valence-corrected chi connectivity index (χ0v) is 21.7. The molecule has 0 bridgehead atoms. The molecule has 0 unspecified atom stereocenters. The minimum absolute atomic E-state index is 0.0721. The number of anilines is 2. The van der Waals surface area contributed by atoms with Crippen molar-refractivity contribution >= 4 is 32.7 Å². The number of hydrogen-bond donors (Lipinski definition) is 3. The number of alkyl halides is 3. The van der Waals surface area contributed by atoms with E-state index in [1.54, 1.807) is 0 Å². The third-order valence-corrected chi connectivity index (χ3v) is 8.07. The maximum absolute atomic E-state index is 13.3. The van der Waals surface area contributed by atoms with E-state index in [9.17, 15) is 21.6 Å². The highest BCUT2D eigenvalue weighted by atomic mass is 32.2. The van der Waals surface area contributed by atoms with Crippen LogP contribution < -0.4 is 15.4 Å². The highest BCUT2D eigenvalue weighted by molar-refractivity contribution is 7.89. The Bertz CT molecular complexity index is 1320. The first kappa shape index (κ1) is 27.1. The van der Waals surface area contributed by atoms with Crippen molar-refractivity contribution in [2.75, 3.05) is 23.7 Å². The van der Waals surface area contributed by atoms with Crippen LogP contribution in [0, 0.1) is 11.8 Å². The predicted molar refractivity (Wildman–Crippen MR) is 139 cm³/mol. The van der Waals surface area contributed by atoms with Crippen LogP contribution in [0.1, 0.15) is 45.1 Å². The van der Waals surface area contributed by atoms with Crippen LogP contribution in [0.2, 0.25) is 0 Å². The zero-order chi connectivity index (χ0) is 26.6. The number of rotatable bonds is 9. The van der Waals surface area contributed by atoms with Gasteiger partial charge in [0.15, 0.2) is 0 Å². The number of para-hydroxylation sites is 1. The number of fused-ring (bicyclic) bond motifs is 1. The van der Waals surface area contributed by atoms with Crippen LogP contribution in [-0.4, -0.2) is 37.5 Å². The Labute approximate surface area is 215 Å². The van der Waals surface area contributed by atoms with Crippen LogP contribution in [0.3, 0.4) is 0 Å². The molecule has 2 aromatic carbocycles. The van der Waals surface area contributed by atoms with E-state index in [1.807, 2.05) is 24.3 Å². The summed E-state index contributed by atoms with van der Waals surface area (Å²) in [4.78, 5) is 8.56. The van der Waals surface area contributed by atoms with Crippen molar-refractivity contribution in [1.29, 1.82) is 0 Å². The van der Waals surface area contributed by atoms with E-state index in [4.69, 9.17) is 0 Å². The van der Waals surface area contributed by atoms with Gasteiger partial charge in [-0.2, -0.15) is 18.2 Å². The second kappa shape index (κ2) is 11.2. The lowest BCUT2D eigenvalue weighted by molar-refractivity contribution is -0.139. The zero-order valence-electron chi connectivity index (χ0n) is 20.8. The molecule has 1 saturated carbocycles. The molecule has 11 heteroatoms. The lowest BCUT2D eigenvalue weighted by Gasteiger charge is -2.29. The summed E-state index contributed by atoms with van der Waals surface area (Å²) in [6.07, 6.45) is -1.41. The standard InChI is InChI=1S/C26H32F3N5O2S/c1-17(2)32-24-20-7-3-5-9-22(20)33-25(34-24)30-15-18-11-13-19(14-12-18)16-31-37(35,36)23-10-6-4-8-21(23)26(27,28)29/h3-10,17-19,31H,11-16H2,1-2H3,(H2,30,32,33,34). The minimum Gasteiger partial charge on any atom is -0.367 e. The first-order chi connectivity index (χ1) is 17.5. The molecule has 1 heterocycles. The molecule has 1 aliphatic rings. The molecule has 7 nitrogen and oxygen atoms in total. The van der Waals surface area contributed by atoms with Gasteiger partial charge in [-0.1, -0.05) is 24.3 Å². The number of aromatic nitrogens is 2. The van der Waals surface area contributed by atoms with Crippen LogP contribution >= 0.6 is 0 Å². The summed E-state index contributed by atoms with van der Waals surface area (Å²) in [5, 5.41) is 7.69. The number of benzene rings is 2. The second-order valence-corrected chi connectivity index (χ2v) is 11.6. The van der Waals surface area contributed by atoms with Crippen molar-refractivity contribution < 1.29 is 21.6 Å². The van der Waals surface area contributed by atoms with E-state index in [0.717, 1.165) is 54.5 Å². The van der Waals surface area contributed by atoms with Gasteiger partial charge in [0.25, 0.3) is 0 Å². The number of halogens is 3. The number of hydrogen-bond acceptors (Lipinski definition) is 6. The lowest BCUT2D eigenvalue weighted by Crippen LogP contribution is -2.33. The van der Waals surface area contributed by atoms with Crippen LogP contribution in [0.25, 0.3) is 10.9 Å². The van der Waals surface area contributed by atoms with Gasteiger partial charge in [-0.15, -0.1) is 0 Å². The van der Waals surface area contributed by atoms with Gasteiger partial charge in [0.2, 0.25) is 16.0 Å². The topological polar surface area (TPSA) is 96.0 Å². The molecule has 0 aliphatic heterocycles. The van der Waals surface area contributed by atoms with Gasteiger partial charge in [0.1, 0.15) is 5.82 Å². The number of nitrogens with zero attached hydrogens (tertiary/aromatic N) is 2. The summed E-state index contributed by atoms with van der Waals surface area (Å²) in [6, 6.07) is 12.3. The molecule has 200 valence electrons. The summed E-state index contributed by atoms with van der Waals surface area (Å²) >= 11 is 0. The largest absolute Gasteiger partial charge is 0.417 e. The lowest BCUT2D eigenvalue weighted by atomic mass is 9.82. The van der Waals surface area contributed by atoms with E-state index in [-0.39, 0.29) is 18.5 Å². The average molecular weight is 536 g/mol. The average Bonchev–Trinajstić information content (AvgIpc) is 2.86. The normalized spacial score (nSPS) is 18.8. The molecule has 4 rings (SSSR count). The highest BCUT2D eigenvalue weighted by Gasteiger charge is 2.37. The molecule has 1 aromatic heterocycles. The first-order valence-electron chi connectivity index (χ1n) is 12.5. The Balaban J connectivity index is 1.31. The summed E-state index contributed by atoms with van der Waals surface area (Å²) in [5.41, 5.74) is -0.300. The molecule has 3 N–H and O–H groups in total. The van der Waals surface area contributed by atoms with Gasteiger partial charge in [0.05, 0.1) is 16.0 Å². The van der Waals surface area contributed by atoms with Crippen molar-refractivity contribution in [1.82, 2.24) is 14.7 Å². The summed E-state index contributed by atoms with van der Waals surface area (Å²) in [7, 11) is -4.27. The molecule has 0 radical (unpaired) electrons. The van der Waals surface area contributed by atoms with Gasteiger partial charge in [0, 0.05) is 24.5 Å². The Hall–Kier alpha value is -2.92. The summed E-state index contributed by atoms with van der Waals surface area (Å²) in [5.74, 6) is 1.78. The molecule has 0 saturated heterocycles. The van der Waals surface area contributed by atoms with Gasteiger partial charge in [-0.3, -0.25) is 0 Å². The molecule has 1 aliphatic carbocycles. The molecule has 3 aromatic rings. The van der Waals surface area contributed by atoms with Gasteiger partial charge >= 0.3 is 6.18 Å². The Morgan fingerprint density at radius 3 is 2.22 bits per heavy atom. The van der Waals surface area contributed by atoms with Gasteiger partial charge in [-0.05, 0) is 75.6 Å². The molecule has 1 fully saturated rings. The van der Waals surface area contributed by atoms with Gasteiger partial charge in [-0.25, -0.2) is 18.1 Å². The summed E-state index contributed by atoms with van der Waals surface area (Å²) < 4.78 is 67.4. The fourth-order valence-corrected chi connectivity index (χ4v) is 6.00. The van der Waals surface area contributed by atoms with E-state index < -0.39 is 26.7 Å². The van der Waals surface area contributed by atoms with Crippen LogP contribution in [0.5, 0.6) is 0 Å². The van der Waals surface area contributed by atoms with Crippen LogP contribution in [0.15, 0.2) is 53.4 Å². The fraction of sp³-hybridized carbons (Fsp3) is 0.462. The van der Waals surface area contributed by atoms with E-state index in [0.29, 0.717) is 18.4 Å². The van der Waals surface area contributed by atoms with Crippen LogP contribution in [0.4, 0.5) is 24.9 Å². The summed E-state index contributed by atoms with van der Waals surface area (Å²) in [6.45, 7) is 4.92. The van der Waals surface area contributed by atoms with Crippen molar-refractivity contribution in [3.63, 3.8) is 0 Å². The third-order valence-electron chi connectivity index (χ3n) is 6.59. The van der Waals surface area contributed by atoms with E-state index in [1.165, 1.54) is 12.1 Å². The first-order valence-corrected chi connectivity index (χ1v) is 13.9. The maximum atomic E-state index is 13.3. The molecule has 0 spiro atoms. The number of sulfonamides is 1. The fourth-order valence-electron chi connectivity index (χ4n) is 4.65. The Morgan fingerprint density at radius 1 is 0.919 bits per heavy atom. The maximum Gasteiger partial charge on any atom is 0.417 e. The molecule has 0 amide bonds. The van der Waals surface area contributed by atoms with Crippen molar-refractivity contribution in [2.24, 2.45) is 11.8 Å². The molecular formula is C26H32F3N5O2S. The third kappa shape index (κ3) is 6.89. The van der Waals surface area contributed by atoms with E-state index >= 15 is 0 Å². The predicted octanol–water partition coefficient (Wildman–Crippen LogP) is 5.67. The minimum atomic E-state index is -4.74. The van der Waals surface area contributed by atoms with Gasteiger partial charge < -0.3 is 10.6 Å². The highest BCUT2D eigenvalue weighted by Crippen LogP contribution is 2.34. The number of nitrogens with one attached hydrogen (secondary N) is 3. The van der Waals surface area contributed by atoms with Crippen molar-refractivity contribution in [3.05, 3.63) is 54.1 Å². The van der Waals surface area contributed by atoms with E-state index in [2.05, 4.69) is 39.2 Å². The van der Waals surface area contributed by atoms with Crippen molar-refractivity contribution in [3.8, 4) is 0 Å². The monoisotopic (exact) mass is 535 g/mol. The smallest absolute Gasteiger partial charge is 0.367 e. The molecule has 37 heavy (non-hydrogen) atoms. The van der Waals surface area contributed by atoms with Crippen molar-refractivity contribution in [2.45, 2.75) is 56.6 Å². The molecule has 0 atom stereocenters. The second-order valence-electron chi connectivity index (χ2n) is 9.83. The SMILES string of the molecule is CC(C)Nc1nc(NCC2CCC(CNS(=O)(=O)c3ccccc3C(F)(F)F)CC2)nc2ccccc12.